The minimum atomic E-state index is 0.332. The van der Waals surface area contributed by atoms with Gasteiger partial charge in [-0.3, -0.25) is 0 Å². The minimum Gasteiger partial charge on any atom is -0.497 e. The Morgan fingerprint density at radius 2 is 2.12 bits per heavy atom. The number of H-pyrrole nitrogens is 1. The van der Waals surface area contributed by atoms with E-state index in [0.717, 1.165) is 11.3 Å². The van der Waals surface area contributed by atoms with Gasteiger partial charge in [0.15, 0.2) is 0 Å². The van der Waals surface area contributed by atoms with Crippen molar-refractivity contribution < 1.29 is 4.74 Å². The molecule has 0 saturated carbocycles. The van der Waals surface area contributed by atoms with E-state index in [0.29, 0.717) is 6.04 Å². The molecule has 2 aromatic rings. The zero-order chi connectivity index (χ0) is 11.7. The molecule has 0 radical (unpaired) electrons. The lowest BCUT2D eigenvalue weighted by Gasteiger charge is -2.08. The van der Waals surface area contributed by atoms with Gasteiger partial charge in [0.05, 0.1) is 7.11 Å². The average Bonchev–Trinajstić information content (AvgIpc) is 2.65. The molecule has 1 heterocycles. The average molecular weight is 218 g/mol. The van der Waals surface area contributed by atoms with E-state index in [-0.39, 0.29) is 0 Å². The molecule has 0 aliphatic carbocycles. The Kier molecular flexibility index (Phi) is 2.88. The molecule has 16 heavy (non-hydrogen) atoms. The van der Waals surface area contributed by atoms with Crippen molar-refractivity contribution in [1.29, 1.82) is 0 Å². The molecule has 1 atom stereocenters. The predicted octanol–water partition coefficient (Wildman–Crippen LogP) is 2.77. The highest BCUT2D eigenvalue weighted by Crippen LogP contribution is 2.28. The first-order valence-electron chi connectivity index (χ1n) is 5.51. The fourth-order valence-corrected chi connectivity index (χ4v) is 2.03. The van der Waals surface area contributed by atoms with Crippen LogP contribution in [0.3, 0.4) is 0 Å². The number of methoxy groups -OCH3 is 1. The normalized spacial score (nSPS) is 13.0. The highest BCUT2D eigenvalue weighted by atomic mass is 16.5. The van der Waals surface area contributed by atoms with E-state index in [1.165, 1.54) is 16.6 Å². The van der Waals surface area contributed by atoms with Crippen molar-refractivity contribution in [2.75, 3.05) is 14.2 Å². The molecule has 1 aromatic heterocycles. The van der Waals surface area contributed by atoms with Crippen LogP contribution < -0.4 is 10.1 Å². The monoisotopic (exact) mass is 218 g/mol. The number of aryl methyl sites for hydroxylation is 1. The number of hydrogen-bond donors (Lipinski definition) is 2. The van der Waals surface area contributed by atoms with Crippen LogP contribution in [0, 0.1) is 6.92 Å². The quantitative estimate of drug-likeness (QED) is 0.831. The number of aromatic nitrogens is 1. The standard InChI is InChI=1S/C13H18N2O/c1-8-11-7-10(16-4)5-6-12(11)15-13(8)9(2)14-3/h5-7,9,14-15H,1-4H3. The summed E-state index contributed by atoms with van der Waals surface area (Å²) in [5, 5.41) is 4.48. The van der Waals surface area contributed by atoms with Gasteiger partial charge in [-0.05, 0) is 44.7 Å². The van der Waals surface area contributed by atoms with Crippen molar-refractivity contribution in [2.45, 2.75) is 19.9 Å². The molecule has 3 heteroatoms. The van der Waals surface area contributed by atoms with Crippen molar-refractivity contribution in [2.24, 2.45) is 0 Å². The molecule has 3 nitrogen and oxygen atoms in total. The number of benzene rings is 1. The van der Waals surface area contributed by atoms with Crippen molar-refractivity contribution in [3.63, 3.8) is 0 Å². The lowest BCUT2D eigenvalue weighted by molar-refractivity contribution is 0.415. The van der Waals surface area contributed by atoms with Crippen molar-refractivity contribution >= 4 is 10.9 Å². The molecule has 0 aliphatic heterocycles. The second-order valence-corrected chi connectivity index (χ2v) is 4.09. The van der Waals surface area contributed by atoms with Crippen molar-refractivity contribution in [1.82, 2.24) is 10.3 Å². The van der Waals surface area contributed by atoms with Crippen LogP contribution in [0.15, 0.2) is 18.2 Å². The Morgan fingerprint density at radius 1 is 1.38 bits per heavy atom. The van der Waals surface area contributed by atoms with Gasteiger partial charge >= 0.3 is 0 Å². The summed E-state index contributed by atoms with van der Waals surface area (Å²) in [6, 6.07) is 6.45. The summed E-state index contributed by atoms with van der Waals surface area (Å²) in [6.45, 7) is 4.29. The van der Waals surface area contributed by atoms with E-state index in [2.05, 4.69) is 36.3 Å². The topological polar surface area (TPSA) is 37.0 Å². The third kappa shape index (κ3) is 1.67. The number of nitrogens with one attached hydrogen (secondary N) is 2. The number of ether oxygens (including phenoxy) is 1. The molecule has 0 saturated heterocycles. The number of fused-ring (bicyclic) bond motifs is 1. The van der Waals surface area contributed by atoms with Crippen LogP contribution in [0.1, 0.15) is 24.2 Å². The van der Waals surface area contributed by atoms with Crippen molar-refractivity contribution in [3.8, 4) is 5.75 Å². The second kappa shape index (κ2) is 4.18. The van der Waals surface area contributed by atoms with Crippen LogP contribution in [0.2, 0.25) is 0 Å². The lowest BCUT2D eigenvalue weighted by Crippen LogP contribution is -2.13. The van der Waals surface area contributed by atoms with E-state index in [4.69, 9.17) is 4.74 Å². The molecular weight excluding hydrogens is 200 g/mol. The molecule has 2 rings (SSSR count). The van der Waals surface area contributed by atoms with Gasteiger partial charge in [0.1, 0.15) is 5.75 Å². The van der Waals surface area contributed by atoms with Crippen LogP contribution in [0.25, 0.3) is 10.9 Å². The van der Waals surface area contributed by atoms with Crippen LogP contribution >= 0.6 is 0 Å². The summed E-state index contributed by atoms with van der Waals surface area (Å²) in [5.41, 5.74) is 3.69. The summed E-state index contributed by atoms with van der Waals surface area (Å²) in [5.74, 6) is 0.901. The maximum atomic E-state index is 5.24. The molecule has 2 N–H and O–H groups in total. The zero-order valence-corrected chi connectivity index (χ0v) is 10.2. The molecule has 0 fully saturated rings. The summed E-state index contributed by atoms with van der Waals surface area (Å²) < 4.78 is 5.24. The Labute approximate surface area is 95.8 Å². The van der Waals surface area contributed by atoms with E-state index < -0.39 is 0 Å². The highest BCUT2D eigenvalue weighted by Gasteiger charge is 2.12. The molecule has 86 valence electrons. The first-order chi connectivity index (χ1) is 7.67. The maximum absolute atomic E-state index is 5.24. The SMILES string of the molecule is CNC(C)c1[nH]c2ccc(OC)cc2c1C. The third-order valence-corrected chi connectivity index (χ3v) is 3.17. The van der Waals surface area contributed by atoms with E-state index in [1.807, 2.05) is 13.1 Å². The maximum Gasteiger partial charge on any atom is 0.119 e. The van der Waals surface area contributed by atoms with Crippen LogP contribution in [0.5, 0.6) is 5.75 Å². The van der Waals surface area contributed by atoms with Gasteiger partial charge < -0.3 is 15.0 Å². The minimum absolute atomic E-state index is 0.332. The van der Waals surface area contributed by atoms with E-state index in [1.54, 1.807) is 7.11 Å². The van der Waals surface area contributed by atoms with Gasteiger partial charge in [-0.25, -0.2) is 0 Å². The highest BCUT2D eigenvalue weighted by molar-refractivity contribution is 5.85. The first-order valence-corrected chi connectivity index (χ1v) is 5.51. The van der Waals surface area contributed by atoms with E-state index in [9.17, 15) is 0 Å². The fourth-order valence-electron chi connectivity index (χ4n) is 2.03. The van der Waals surface area contributed by atoms with Gasteiger partial charge in [0.2, 0.25) is 0 Å². The van der Waals surface area contributed by atoms with Gasteiger partial charge in [-0.15, -0.1) is 0 Å². The second-order valence-electron chi connectivity index (χ2n) is 4.09. The van der Waals surface area contributed by atoms with Crippen LogP contribution in [-0.2, 0) is 0 Å². The summed E-state index contributed by atoms with van der Waals surface area (Å²) in [6.07, 6.45) is 0. The van der Waals surface area contributed by atoms with Gasteiger partial charge in [-0.2, -0.15) is 0 Å². The fraction of sp³-hybridized carbons (Fsp3) is 0.385. The third-order valence-electron chi connectivity index (χ3n) is 3.17. The molecule has 0 amide bonds. The lowest BCUT2D eigenvalue weighted by atomic mass is 10.1. The first kappa shape index (κ1) is 11.0. The Morgan fingerprint density at radius 3 is 2.75 bits per heavy atom. The van der Waals surface area contributed by atoms with Crippen LogP contribution in [0.4, 0.5) is 0 Å². The van der Waals surface area contributed by atoms with Crippen molar-refractivity contribution in [3.05, 3.63) is 29.5 Å². The van der Waals surface area contributed by atoms with E-state index >= 15 is 0 Å². The number of aromatic amines is 1. The predicted molar refractivity (Wildman–Crippen MR) is 67.1 cm³/mol. The van der Waals surface area contributed by atoms with Gasteiger partial charge in [0.25, 0.3) is 0 Å². The molecule has 1 aromatic carbocycles. The Hall–Kier alpha value is -1.48. The number of hydrogen-bond acceptors (Lipinski definition) is 2. The summed E-state index contributed by atoms with van der Waals surface area (Å²) >= 11 is 0. The molecule has 0 spiro atoms. The van der Waals surface area contributed by atoms with Gasteiger partial charge in [-0.1, -0.05) is 0 Å². The van der Waals surface area contributed by atoms with Gasteiger partial charge in [0, 0.05) is 22.6 Å². The Bertz CT molecular complexity index is 502. The number of rotatable bonds is 3. The zero-order valence-electron chi connectivity index (χ0n) is 10.2. The Balaban J connectivity index is 2.59. The summed E-state index contributed by atoms with van der Waals surface area (Å²) in [7, 11) is 3.66. The van der Waals surface area contributed by atoms with Crippen LogP contribution in [-0.4, -0.2) is 19.1 Å². The largest absolute Gasteiger partial charge is 0.497 e. The summed E-state index contributed by atoms with van der Waals surface area (Å²) in [4.78, 5) is 3.45. The molecule has 1 unspecified atom stereocenters. The smallest absolute Gasteiger partial charge is 0.119 e. The molecule has 0 bridgehead atoms. The molecular formula is C13H18N2O. The molecule has 0 aliphatic rings.